The van der Waals surface area contributed by atoms with Crippen molar-refractivity contribution in [2.24, 2.45) is 28.8 Å². The molecule has 0 saturated carbocycles. The molecule has 1 aromatic rings. The molecule has 1 spiro atoms. The van der Waals surface area contributed by atoms with Crippen LogP contribution in [-0.2, 0) is 33.3 Å². The lowest BCUT2D eigenvalue weighted by Crippen LogP contribution is -2.57. The molecule has 1 N–H and O–H groups in total. The number of benzene rings is 1. The highest BCUT2D eigenvalue weighted by Gasteiger charge is 2.60. The van der Waals surface area contributed by atoms with Gasteiger partial charge >= 0.3 is 11.9 Å². The summed E-state index contributed by atoms with van der Waals surface area (Å²) >= 11 is 0. The molecule has 2 bridgehead atoms. The van der Waals surface area contributed by atoms with Crippen molar-refractivity contribution >= 4 is 17.7 Å². The van der Waals surface area contributed by atoms with Crippen molar-refractivity contribution in [3.63, 3.8) is 0 Å². The molecule has 0 radical (unpaired) electrons. The number of carbonyl (C=O) groups excluding carboxylic acids is 2. The van der Waals surface area contributed by atoms with Gasteiger partial charge in [0, 0.05) is 25.2 Å². The number of hydrogen-bond donors (Lipinski definition) is 1. The maximum absolute atomic E-state index is 14.3. The number of esters is 2. The van der Waals surface area contributed by atoms with E-state index in [1.807, 2.05) is 51.1 Å². The Balaban J connectivity index is 1.41. The Morgan fingerprint density at radius 1 is 1.13 bits per heavy atom. The summed E-state index contributed by atoms with van der Waals surface area (Å²) in [6, 6.07) is 8.97. The Morgan fingerprint density at radius 2 is 1.90 bits per heavy atom. The van der Waals surface area contributed by atoms with Gasteiger partial charge in [0.15, 0.2) is 5.79 Å². The first-order chi connectivity index (χ1) is 24.9. The molecule has 6 rings (SSSR count). The second-order valence-corrected chi connectivity index (χ2v) is 15.4. The van der Waals surface area contributed by atoms with Crippen LogP contribution in [0.3, 0.4) is 0 Å². The summed E-state index contributed by atoms with van der Waals surface area (Å²) in [4.78, 5) is 32.8. The maximum atomic E-state index is 14.3. The molecule has 3 saturated heterocycles. The van der Waals surface area contributed by atoms with E-state index in [1.54, 1.807) is 24.3 Å². The molecule has 4 heterocycles. The summed E-state index contributed by atoms with van der Waals surface area (Å²) in [5.41, 5.74) is 1.18. The van der Waals surface area contributed by atoms with E-state index < -0.39 is 47.6 Å². The quantitative estimate of drug-likeness (QED) is 0.194. The minimum atomic E-state index is -1.77. The van der Waals surface area contributed by atoms with Crippen LogP contribution in [0, 0.1) is 23.7 Å². The van der Waals surface area contributed by atoms with E-state index in [-0.39, 0.29) is 24.7 Å². The second kappa shape index (κ2) is 15.8. The van der Waals surface area contributed by atoms with Crippen LogP contribution in [-0.4, -0.2) is 78.4 Å². The van der Waals surface area contributed by atoms with Crippen LogP contribution in [0.1, 0.15) is 90.4 Å². The van der Waals surface area contributed by atoms with Crippen molar-refractivity contribution in [1.82, 2.24) is 0 Å². The second-order valence-electron chi connectivity index (χ2n) is 15.4. The summed E-state index contributed by atoms with van der Waals surface area (Å²) in [6.07, 6.45) is 10.9. The average Bonchev–Trinajstić information content (AvgIpc) is 3.47. The normalized spacial score (nSPS) is 40.7. The van der Waals surface area contributed by atoms with Gasteiger partial charge in [0.05, 0.1) is 24.4 Å². The summed E-state index contributed by atoms with van der Waals surface area (Å²) in [5.74, 6) is -2.47. The van der Waals surface area contributed by atoms with Crippen molar-refractivity contribution < 1.29 is 43.2 Å². The summed E-state index contributed by atoms with van der Waals surface area (Å²) in [5, 5.41) is 16.8. The highest BCUT2D eigenvalue weighted by atomic mass is 16.7. The number of oxime groups is 1. The highest BCUT2D eigenvalue weighted by molar-refractivity contribution is 6.07. The molecule has 2 unspecified atom stereocenters. The Kier molecular flexibility index (Phi) is 11.6. The van der Waals surface area contributed by atoms with Gasteiger partial charge < -0.3 is 33.6 Å². The van der Waals surface area contributed by atoms with Crippen LogP contribution >= 0.6 is 0 Å². The van der Waals surface area contributed by atoms with E-state index in [2.05, 4.69) is 32.0 Å². The molecule has 3 fully saturated rings. The largest absolute Gasteiger partial charge is 0.462 e. The fraction of sp³-hybridized carbons (Fsp3) is 0.595. The molecule has 0 amide bonds. The molecule has 1 aliphatic carbocycles. The first-order valence-electron chi connectivity index (χ1n) is 18.9. The van der Waals surface area contributed by atoms with Gasteiger partial charge in [-0.25, -0.2) is 4.79 Å². The summed E-state index contributed by atoms with van der Waals surface area (Å²) in [6.45, 7) is 12.5. The Hall–Kier alpha value is -3.57. The molecule has 5 aliphatic rings. The first-order valence-corrected chi connectivity index (χ1v) is 18.9. The highest BCUT2D eigenvalue weighted by Crippen LogP contribution is 2.47. The molecule has 0 aromatic heterocycles. The number of hydrogen-bond acceptors (Lipinski definition) is 10. The topological polar surface area (TPSA) is 122 Å². The molecule has 4 aliphatic heterocycles. The minimum absolute atomic E-state index is 0.00521. The number of nitrogens with zero attached hydrogens (tertiary/aromatic N) is 1. The lowest BCUT2D eigenvalue weighted by atomic mass is 9.71. The van der Waals surface area contributed by atoms with Gasteiger partial charge in [0.1, 0.15) is 42.7 Å². The van der Waals surface area contributed by atoms with E-state index in [4.69, 9.17) is 28.5 Å². The summed E-state index contributed by atoms with van der Waals surface area (Å²) in [7, 11) is 1.44. The van der Waals surface area contributed by atoms with Crippen LogP contribution in [0.15, 0.2) is 82.6 Å². The molecule has 10 nitrogen and oxygen atoms in total. The number of rotatable bonds is 5. The first kappa shape index (κ1) is 38.2. The van der Waals surface area contributed by atoms with Crippen LogP contribution < -0.4 is 0 Å². The third-order valence-corrected chi connectivity index (χ3v) is 11.7. The number of fused-ring (bicyclic) bond motifs is 2. The fourth-order valence-corrected chi connectivity index (χ4v) is 8.58. The Labute approximate surface area is 307 Å². The number of ether oxygens (including phenoxy) is 5. The van der Waals surface area contributed by atoms with E-state index in [0.29, 0.717) is 59.9 Å². The van der Waals surface area contributed by atoms with Crippen LogP contribution in [0.4, 0.5) is 0 Å². The summed E-state index contributed by atoms with van der Waals surface area (Å²) < 4.78 is 32.6. The third-order valence-electron chi connectivity index (χ3n) is 11.7. The SMILES string of the molecule is CCC(C)[C@H]1OC2(CC[C@@H]1C)C[C@@H]1C[C@@H](C/C=C(\C)[C@@H](OC(=O)c3ccccc3)[C@@H](C)/C=C/C=C3\CO[C@@H]4/C(=N/OC)C(C)=C[C@@H](C(=O)O1)[C@]34O)O2. The zero-order chi connectivity index (χ0) is 37.2. The number of aliphatic hydroxyl groups is 1. The zero-order valence-corrected chi connectivity index (χ0v) is 31.6. The molecule has 10 heteroatoms. The van der Waals surface area contributed by atoms with Gasteiger partial charge in [-0.2, -0.15) is 0 Å². The predicted molar refractivity (Wildman–Crippen MR) is 196 cm³/mol. The van der Waals surface area contributed by atoms with Crippen LogP contribution in [0.2, 0.25) is 0 Å². The van der Waals surface area contributed by atoms with Crippen molar-refractivity contribution in [3.8, 4) is 0 Å². The Bertz CT molecular complexity index is 1630. The zero-order valence-electron chi connectivity index (χ0n) is 31.6. The fourth-order valence-electron chi connectivity index (χ4n) is 8.58. The average molecular weight is 718 g/mol. The van der Waals surface area contributed by atoms with Crippen molar-refractivity contribution in [1.29, 1.82) is 0 Å². The van der Waals surface area contributed by atoms with Gasteiger partial charge in [-0.15, -0.1) is 0 Å². The number of carbonyl (C=O) groups is 2. The molecule has 282 valence electrons. The molecular formula is C42H55NO9. The van der Waals surface area contributed by atoms with Crippen molar-refractivity contribution in [2.45, 2.75) is 122 Å². The smallest absolute Gasteiger partial charge is 0.338 e. The van der Waals surface area contributed by atoms with Gasteiger partial charge in [0.2, 0.25) is 0 Å². The number of allylic oxidation sites excluding steroid dienone is 2. The van der Waals surface area contributed by atoms with Crippen molar-refractivity contribution in [2.75, 3.05) is 13.7 Å². The third kappa shape index (κ3) is 7.58. The molecule has 1 aromatic carbocycles. The molecule has 52 heavy (non-hydrogen) atoms. The predicted octanol–water partition coefficient (Wildman–Crippen LogP) is 7.04. The lowest BCUT2D eigenvalue weighted by molar-refractivity contribution is -0.340. The lowest BCUT2D eigenvalue weighted by Gasteiger charge is -2.51. The van der Waals surface area contributed by atoms with Crippen LogP contribution in [0.25, 0.3) is 0 Å². The van der Waals surface area contributed by atoms with Gasteiger partial charge in [-0.1, -0.05) is 87.9 Å². The molecular weight excluding hydrogens is 662 g/mol. The van der Waals surface area contributed by atoms with Gasteiger partial charge in [0.25, 0.3) is 0 Å². The van der Waals surface area contributed by atoms with E-state index in [9.17, 15) is 14.7 Å². The van der Waals surface area contributed by atoms with Gasteiger partial charge in [-0.3, -0.25) is 4.79 Å². The van der Waals surface area contributed by atoms with E-state index >= 15 is 0 Å². The van der Waals surface area contributed by atoms with E-state index in [0.717, 1.165) is 18.4 Å². The standard InChI is InChI=1S/C42H55NO9/c1-8-25(2)37-28(5)19-20-41(52-37)23-33-22-32(51-41)18-17-27(4)36(50-39(44)30-14-10-9-11-15-30)26(3)13-12-16-31-24-48-38-35(43-47-7)29(6)21-34(40(45)49-33)42(31,38)46/h9-17,21,25-26,28,32-34,36-38,46H,8,18-20,22-24H2,1-7H3/b13-12+,27-17+,31-16+,43-35+/t25?,26-,28-,32+,33-,34-,36-,37+,38+,41?,42+/m0/s1. The van der Waals surface area contributed by atoms with Crippen LogP contribution in [0.5, 0.6) is 0 Å². The van der Waals surface area contributed by atoms with Crippen molar-refractivity contribution in [3.05, 3.63) is 83.0 Å². The van der Waals surface area contributed by atoms with E-state index in [1.165, 1.54) is 7.11 Å². The van der Waals surface area contributed by atoms with Gasteiger partial charge in [-0.05, 0) is 67.4 Å². The monoisotopic (exact) mass is 717 g/mol. The Morgan fingerprint density at radius 3 is 2.63 bits per heavy atom. The minimum Gasteiger partial charge on any atom is -0.462 e. The maximum Gasteiger partial charge on any atom is 0.338 e. The molecule has 11 atom stereocenters.